The Kier molecular flexibility index (Phi) is 3.10. The molecule has 72 valence electrons. The predicted molar refractivity (Wildman–Crippen MR) is 52.6 cm³/mol. The fourth-order valence-corrected chi connectivity index (χ4v) is 1.43. The van der Waals surface area contributed by atoms with Crippen molar-refractivity contribution in [2.45, 2.75) is 6.92 Å². The van der Waals surface area contributed by atoms with E-state index in [-0.39, 0.29) is 11.1 Å². The average molecular weight is 210 g/mol. The zero-order chi connectivity index (χ0) is 10.7. The van der Waals surface area contributed by atoms with Crippen LogP contribution < -0.4 is 4.74 Å². The van der Waals surface area contributed by atoms with Gasteiger partial charge in [0.25, 0.3) is 5.24 Å². The van der Waals surface area contributed by atoms with E-state index in [1.54, 1.807) is 19.1 Å². The number of nitrogens with zero attached hydrogens (tertiary/aromatic N) is 1. The molecule has 4 heteroatoms. The third kappa shape index (κ3) is 1.70. The molecule has 0 saturated heterocycles. The van der Waals surface area contributed by atoms with E-state index in [0.717, 1.165) is 5.56 Å². The van der Waals surface area contributed by atoms with Crippen molar-refractivity contribution in [3.63, 3.8) is 0 Å². The fourth-order valence-electron chi connectivity index (χ4n) is 1.24. The van der Waals surface area contributed by atoms with Gasteiger partial charge in [-0.1, -0.05) is 6.07 Å². The first-order valence-electron chi connectivity index (χ1n) is 3.89. The van der Waals surface area contributed by atoms with E-state index in [1.165, 1.54) is 7.11 Å². The standard InChI is InChI=1S/C10H8ClNO2/c1-6-3-4-7(5-12)8(10(11)13)9(6)14-2/h3-4H,1-2H3. The van der Waals surface area contributed by atoms with Crippen LogP contribution in [0.15, 0.2) is 12.1 Å². The Morgan fingerprint density at radius 1 is 1.57 bits per heavy atom. The summed E-state index contributed by atoms with van der Waals surface area (Å²) >= 11 is 5.37. The number of methoxy groups -OCH3 is 1. The van der Waals surface area contributed by atoms with Gasteiger partial charge in [0.15, 0.2) is 0 Å². The predicted octanol–water partition coefficient (Wildman–Crippen LogP) is 2.25. The zero-order valence-corrected chi connectivity index (χ0v) is 8.55. The SMILES string of the molecule is COc1c(C)ccc(C#N)c1C(=O)Cl. The third-order valence-electron chi connectivity index (χ3n) is 1.88. The van der Waals surface area contributed by atoms with Crippen LogP contribution in [-0.2, 0) is 0 Å². The first-order chi connectivity index (χ1) is 6.61. The summed E-state index contributed by atoms with van der Waals surface area (Å²) in [6.07, 6.45) is 0. The molecule has 0 saturated carbocycles. The van der Waals surface area contributed by atoms with Crippen LogP contribution in [0.2, 0.25) is 0 Å². The number of hydrogen-bond acceptors (Lipinski definition) is 3. The molecule has 0 N–H and O–H groups in total. The fraction of sp³-hybridized carbons (Fsp3) is 0.200. The monoisotopic (exact) mass is 209 g/mol. The molecular formula is C10H8ClNO2. The highest BCUT2D eigenvalue weighted by Crippen LogP contribution is 2.27. The minimum absolute atomic E-state index is 0.136. The zero-order valence-electron chi connectivity index (χ0n) is 7.80. The van der Waals surface area contributed by atoms with Crippen molar-refractivity contribution >= 4 is 16.8 Å². The van der Waals surface area contributed by atoms with Crippen molar-refractivity contribution in [1.82, 2.24) is 0 Å². The summed E-state index contributed by atoms with van der Waals surface area (Å²) in [6.45, 7) is 1.78. The van der Waals surface area contributed by atoms with Gasteiger partial charge in [0.2, 0.25) is 0 Å². The van der Waals surface area contributed by atoms with Gasteiger partial charge < -0.3 is 4.74 Å². The lowest BCUT2D eigenvalue weighted by molar-refractivity contribution is 0.107. The number of aryl methyl sites for hydroxylation is 1. The Morgan fingerprint density at radius 3 is 2.64 bits per heavy atom. The van der Waals surface area contributed by atoms with Crippen LogP contribution in [0.5, 0.6) is 5.75 Å². The number of benzene rings is 1. The second-order valence-electron chi connectivity index (χ2n) is 2.72. The summed E-state index contributed by atoms with van der Waals surface area (Å²) in [5.74, 6) is 0.365. The van der Waals surface area contributed by atoms with Gasteiger partial charge in [-0.15, -0.1) is 0 Å². The first kappa shape index (κ1) is 10.6. The van der Waals surface area contributed by atoms with Crippen LogP contribution >= 0.6 is 11.6 Å². The van der Waals surface area contributed by atoms with Gasteiger partial charge in [-0.25, -0.2) is 0 Å². The maximum absolute atomic E-state index is 11.1. The van der Waals surface area contributed by atoms with E-state index in [1.807, 2.05) is 6.07 Å². The van der Waals surface area contributed by atoms with Gasteiger partial charge in [-0.2, -0.15) is 5.26 Å². The number of ether oxygens (including phenoxy) is 1. The first-order valence-corrected chi connectivity index (χ1v) is 4.27. The van der Waals surface area contributed by atoms with Crippen LogP contribution in [0.3, 0.4) is 0 Å². The molecule has 0 atom stereocenters. The number of nitriles is 1. The molecule has 0 aromatic heterocycles. The summed E-state index contributed by atoms with van der Waals surface area (Å²) < 4.78 is 5.02. The number of carbonyl (C=O) groups excluding carboxylic acids is 1. The van der Waals surface area contributed by atoms with Crippen molar-refractivity contribution < 1.29 is 9.53 Å². The average Bonchev–Trinajstić information content (AvgIpc) is 2.17. The second kappa shape index (κ2) is 4.12. The van der Waals surface area contributed by atoms with Crippen LogP contribution in [0.1, 0.15) is 21.5 Å². The Hall–Kier alpha value is -1.53. The lowest BCUT2D eigenvalue weighted by Crippen LogP contribution is -2.01. The van der Waals surface area contributed by atoms with Gasteiger partial charge in [-0.05, 0) is 30.2 Å². The summed E-state index contributed by atoms with van der Waals surface area (Å²) in [6, 6.07) is 5.15. The van der Waals surface area contributed by atoms with E-state index < -0.39 is 5.24 Å². The summed E-state index contributed by atoms with van der Waals surface area (Å²) in [5.41, 5.74) is 1.14. The van der Waals surface area contributed by atoms with Gasteiger partial charge in [-0.3, -0.25) is 4.79 Å². The van der Waals surface area contributed by atoms with Crippen molar-refractivity contribution in [3.8, 4) is 11.8 Å². The molecule has 3 nitrogen and oxygen atoms in total. The maximum atomic E-state index is 11.1. The van der Waals surface area contributed by atoms with E-state index in [4.69, 9.17) is 21.6 Å². The minimum atomic E-state index is -0.679. The largest absolute Gasteiger partial charge is 0.496 e. The summed E-state index contributed by atoms with van der Waals surface area (Å²) in [5, 5.41) is 8.08. The van der Waals surface area contributed by atoms with Crippen LogP contribution in [-0.4, -0.2) is 12.4 Å². The molecule has 0 heterocycles. The molecule has 0 radical (unpaired) electrons. The molecule has 1 aromatic carbocycles. The van der Waals surface area contributed by atoms with Gasteiger partial charge >= 0.3 is 0 Å². The van der Waals surface area contributed by atoms with E-state index in [0.29, 0.717) is 5.75 Å². The van der Waals surface area contributed by atoms with Crippen molar-refractivity contribution in [2.24, 2.45) is 0 Å². The highest BCUT2D eigenvalue weighted by molar-refractivity contribution is 6.68. The van der Waals surface area contributed by atoms with E-state index in [9.17, 15) is 4.79 Å². The molecule has 0 aliphatic rings. The van der Waals surface area contributed by atoms with Gasteiger partial charge in [0, 0.05) is 0 Å². The normalized spacial score (nSPS) is 9.29. The minimum Gasteiger partial charge on any atom is -0.496 e. The molecule has 14 heavy (non-hydrogen) atoms. The lowest BCUT2D eigenvalue weighted by Gasteiger charge is -2.09. The van der Waals surface area contributed by atoms with Gasteiger partial charge in [0.05, 0.1) is 18.2 Å². The molecule has 0 amide bonds. The second-order valence-corrected chi connectivity index (χ2v) is 3.07. The number of halogens is 1. The molecule has 0 fully saturated rings. The van der Waals surface area contributed by atoms with Gasteiger partial charge in [0.1, 0.15) is 11.8 Å². The topological polar surface area (TPSA) is 50.1 Å². The number of rotatable bonds is 2. The lowest BCUT2D eigenvalue weighted by atomic mass is 10.0. The Morgan fingerprint density at radius 2 is 2.21 bits per heavy atom. The molecule has 0 bridgehead atoms. The summed E-state index contributed by atoms with van der Waals surface area (Å²) in [4.78, 5) is 11.1. The highest BCUT2D eigenvalue weighted by Gasteiger charge is 2.17. The Bertz CT molecular complexity index is 421. The van der Waals surface area contributed by atoms with E-state index >= 15 is 0 Å². The number of carbonyl (C=O) groups is 1. The Balaban J connectivity index is 3.54. The molecule has 0 aliphatic carbocycles. The van der Waals surface area contributed by atoms with E-state index in [2.05, 4.69) is 0 Å². The van der Waals surface area contributed by atoms with Crippen LogP contribution in [0.25, 0.3) is 0 Å². The maximum Gasteiger partial charge on any atom is 0.257 e. The molecule has 1 aromatic rings. The number of hydrogen-bond donors (Lipinski definition) is 0. The Labute approximate surface area is 86.9 Å². The molecular weight excluding hydrogens is 202 g/mol. The quantitative estimate of drug-likeness (QED) is 0.702. The van der Waals surface area contributed by atoms with Crippen LogP contribution in [0.4, 0.5) is 0 Å². The van der Waals surface area contributed by atoms with Crippen molar-refractivity contribution in [3.05, 3.63) is 28.8 Å². The summed E-state index contributed by atoms with van der Waals surface area (Å²) in [7, 11) is 1.44. The molecule has 0 spiro atoms. The molecule has 1 rings (SSSR count). The highest BCUT2D eigenvalue weighted by atomic mass is 35.5. The molecule has 0 aliphatic heterocycles. The smallest absolute Gasteiger partial charge is 0.257 e. The van der Waals surface area contributed by atoms with Crippen molar-refractivity contribution in [1.29, 1.82) is 5.26 Å². The third-order valence-corrected chi connectivity index (χ3v) is 2.06. The van der Waals surface area contributed by atoms with Crippen LogP contribution in [0, 0.1) is 18.3 Å². The molecule has 0 unspecified atom stereocenters. The van der Waals surface area contributed by atoms with Crippen molar-refractivity contribution in [2.75, 3.05) is 7.11 Å².